The standard InChI is InChI=1S/C30H33N5O8/c1-41-25-9-7-20(16-26(25)42-2)29(39)33-23-15-19(6-8-24(23)34-11-13-35(14-12-34)30(40)43-3)28(38)32-22(17-27(36)37)21-5-4-10-31-18-21/h4-10,15-16,18,22H,11-14,17H2,1-3H3,(H,32,38)(H,33,39)(H,36,37). The number of rotatable bonds is 10. The summed E-state index contributed by atoms with van der Waals surface area (Å²) in [4.78, 5) is 57.9. The molecule has 4 rings (SSSR count). The molecule has 1 unspecified atom stereocenters. The Morgan fingerprint density at radius 1 is 0.907 bits per heavy atom. The fraction of sp³-hybridized carbons (Fsp3) is 0.300. The average Bonchev–Trinajstić information content (AvgIpc) is 3.03. The van der Waals surface area contributed by atoms with Crippen molar-refractivity contribution in [2.75, 3.05) is 57.7 Å². The van der Waals surface area contributed by atoms with Crippen molar-refractivity contribution < 1.29 is 38.5 Å². The van der Waals surface area contributed by atoms with Crippen molar-refractivity contribution >= 4 is 35.3 Å². The van der Waals surface area contributed by atoms with E-state index in [4.69, 9.17) is 14.2 Å². The smallest absolute Gasteiger partial charge is 0.409 e. The van der Waals surface area contributed by atoms with Gasteiger partial charge in [-0.3, -0.25) is 19.4 Å². The monoisotopic (exact) mass is 591 g/mol. The van der Waals surface area contributed by atoms with Gasteiger partial charge in [0.25, 0.3) is 11.8 Å². The number of amides is 3. The minimum Gasteiger partial charge on any atom is -0.493 e. The number of benzene rings is 2. The second kappa shape index (κ2) is 14.0. The van der Waals surface area contributed by atoms with Crippen LogP contribution in [0.1, 0.15) is 38.7 Å². The van der Waals surface area contributed by atoms with Crippen molar-refractivity contribution in [2.45, 2.75) is 12.5 Å². The summed E-state index contributed by atoms with van der Waals surface area (Å²) >= 11 is 0. The number of pyridine rings is 1. The fourth-order valence-corrected chi connectivity index (χ4v) is 4.73. The van der Waals surface area contributed by atoms with Crippen LogP contribution in [0.15, 0.2) is 60.9 Å². The lowest BCUT2D eigenvalue weighted by atomic mass is 10.0. The Morgan fingerprint density at radius 3 is 2.23 bits per heavy atom. The molecule has 13 heteroatoms. The predicted molar refractivity (Wildman–Crippen MR) is 157 cm³/mol. The van der Waals surface area contributed by atoms with Crippen LogP contribution in [-0.2, 0) is 9.53 Å². The number of carboxylic acid groups (broad SMARTS) is 1. The molecular formula is C30H33N5O8. The van der Waals surface area contributed by atoms with Gasteiger partial charge in [0, 0.05) is 49.7 Å². The number of carbonyl (C=O) groups excluding carboxylic acids is 3. The first kappa shape index (κ1) is 30.6. The SMILES string of the molecule is COC(=O)N1CCN(c2ccc(C(=O)NC(CC(=O)O)c3cccnc3)cc2NC(=O)c2ccc(OC)c(OC)c2)CC1. The second-order valence-corrected chi connectivity index (χ2v) is 9.61. The zero-order valence-corrected chi connectivity index (χ0v) is 24.0. The summed E-state index contributed by atoms with van der Waals surface area (Å²) < 4.78 is 15.4. The Bertz CT molecular complexity index is 1470. The average molecular weight is 592 g/mol. The van der Waals surface area contributed by atoms with E-state index in [9.17, 15) is 24.3 Å². The van der Waals surface area contributed by atoms with Crippen molar-refractivity contribution in [2.24, 2.45) is 0 Å². The van der Waals surface area contributed by atoms with Crippen LogP contribution in [0.25, 0.3) is 0 Å². The van der Waals surface area contributed by atoms with Crippen LogP contribution in [0.3, 0.4) is 0 Å². The van der Waals surface area contributed by atoms with E-state index < -0.39 is 29.9 Å². The summed E-state index contributed by atoms with van der Waals surface area (Å²) in [6.45, 7) is 1.73. The Kier molecular flexibility index (Phi) is 9.99. The molecule has 1 aromatic heterocycles. The quantitative estimate of drug-likeness (QED) is 0.320. The van der Waals surface area contributed by atoms with Crippen molar-refractivity contribution in [1.82, 2.24) is 15.2 Å². The molecule has 3 N–H and O–H groups in total. The van der Waals surface area contributed by atoms with Crippen LogP contribution >= 0.6 is 0 Å². The molecule has 2 heterocycles. The van der Waals surface area contributed by atoms with Gasteiger partial charge in [-0.25, -0.2) is 4.79 Å². The third-order valence-electron chi connectivity index (χ3n) is 6.98. The van der Waals surface area contributed by atoms with Crippen molar-refractivity contribution in [1.29, 1.82) is 0 Å². The summed E-state index contributed by atoms with van der Waals surface area (Å²) in [5.74, 6) is -1.22. The number of ether oxygens (including phenoxy) is 3. The van der Waals surface area contributed by atoms with Gasteiger partial charge in [-0.1, -0.05) is 6.07 Å². The van der Waals surface area contributed by atoms with Gasteiger partial charge in [0.1, 0.15) is 0 Å². The molecule has 13 nitrogen and oxygen atoms in total. The predicted octanol–water partition coefficient (Wildman–Crippen LogP) is 3.19. The molecule has 2 aromatic carbocycles. The largest absolute Gasteiger partial charge is 0.493 e. The Labute approximate surface area is 248 Å². The molecular weight excluding hydrogens is 558 g/mol. The molecule has 0 spiro atoms. The summed E-state index contributed by atoms with van der Waals surface area (Å²) in [7, 11) is 4.29. The van der Waals surface area contributed by atoms with Crippen LogP contribution in [0.2, 0.25) is 0 Å². The van der Waals surface area contributed by atoms with E-state index in [0.29, 0.717) is 60.2 Å². The zero-order valence-electron chi connectivity index (χ0n) is 24.0. The minimum absolute atomic E-state index is 0.207. The van der Waals surface area contributed by atoms with E-state index >= 15 is 0 Å². The maximum Gasteiger partial charge on any atom is 0.409 e. The van der Waals surface area contributed by atoms with Crippen LogP contribution in [0.4, 0.5) is 16.2 Å². The number of piperazine rings is 1. The maximum absolute atomic E-state index is 13.4. The number of nitrogens with one attached hydrogen (secondary N) is 2. The van der Waals surface area contributed by atoms with Gasteiger partial charge < -0.3 is 39.8 Å². The molecule has 1 aliphatic heterocycles. The lowest BCUT2D eigenvalue weighted by molar-refractivity contribution is -0.137. The van der Waals surface area contributed by atoms with E-state index in [0.717, 1.165) is 0 Å². The molecule has 1 saturated heterocycles. The fourth-order valence-electron chi connectivity index (χ4n) is 4.73. The van der Waals surface area contributed by atoms with Gasteiger partial charge in [-0.05, 0) is 48.0 Å². The molecule has 3 aromatic rings. The third kappa shape index (κ3) is 7.50. The second-order valence-electron chi connectivity index (χ2n) is 9.61. The molecule has 226 valence electrons. The van der Waals surface area contributed by atoms with Crippen molar-refractivity contribution in [3.63, 3.8) is 0 Å². The van der Waals surface area contributed by atoms with E-state index in [1.165, 1.54) is 33.6 Å². The first-order chi connectivity index (χ1) is 20.7. The molecule has 0 bridgehead atoms. The molecule has 1 aliphatic rings. The Hall–Kier alpha value is -5.33. The number of anilines is 2. The van der Waals surface area contributed by atoms with Crippen LogP contribution in [0.5, 0.6) is 11.5 Å². The van der Waals surface area contributed by atoms with Gasteiger partial charge in [0.05, 0.1) is 45.2 Å². The van der Waals surface area contributed by atoms with E-state index in [1.54, 1.807) is 53.6 Å². The number of methoxy groups -OCH3 is 3. The highest BCUT2D eigenvalue weighted by atomic mass is 16.5. The number of aromatic nitrogens is 1. The highest BCUT2D eigenvalue weighted by molar-refractivity contribution is 6.07. The minimum atomic E-state index is -1.08. The summed E-state index contributed by atoms with van der Waals surface area (Å²) in [5, 5.41) is 15.1. The normalized spacial score (nSPS) is 13.5. The molecule has 1 fully saturated rings. The summed E-state index contributed by atoms with van der Waals surface area (Å²) in [6, 6.07) is 12.1. The lowest BCUT2D eigenvalue weighted by Crippen LogP contribution is -2.49. The molecule has 3 amide bonds. The molecule has 0 aliphatic carbocycles. The highest BCUT2D eigenvalue weighted by Gasteiger charge is 2.25. The Morgan fingerprint density at radius 2 is 1.60 bits per heavy atom. The van der Waals surface area contributed by atoms with Crippen molar-refractivity contribution in [3.05, 3.63) is 77.6 Å². The van der Waals surface area contributed by atoms with Crippen LogP contribution in [0, 0.1) is 0 Å². The van der Waals surface area contributed by atoms with Gasteiger partial charge in [-0.15, -0.1) is 0 Å². The van der Waals surface area contributed by atoms with E-state index in [1.807, 2.05) is 4.90 Å². The lowest BCUT2D eigenvalue weighted by Gasteiger charge is -2.36. The van der Waals surface area contributed by atoms with Crippen LogP contribution < -0.4 is 25.0 Å². The molecule has 0 saturated carbocycles. The molecule has 43 heavy (non-hydrogen) atoms. The third-order valence-corrected chi connectivity index (χ3v) is 6.98. The van der Waals surface area contributed by atoms with Gasteiger partial charge in [0.15, 0.2) is 11.5 Å². The number of carbonyl (C=O) groups is 4. The van der Waals surface area contributed by atoms with Gasteiger partial charge >= 0.3 is 12.1 Å². The Balaban J connectivity index is 1.64. The number of hydrogen-bond donors (Lipinski definition) is 3. The van der Waals surface area contributed by atoms with E-state index in [2.05, 4.69) is 15.6 Å². The number of aliphatic carboxylic acids is 1. The summed E-state index contributed by atoms with van der Waals surface area (Å²) in [5.41, 5.74) is 2.05. The van der Waals surface area contributed by atoms with Crippen LogP contribution in [-0.4, -0.2) is 86.4 Å². The number of carboxylic acids is 1. The first-order valence-electron chi connectivity index (χ1n) is 13.4. The molecule has 1 atom stereocenters. The summed E-state index contributed by atoms with van der Waals surface area (Å²) in [6.07, 6.45) is 2.29. The number of nitrogens with zero attached hydrogens (tertiary/aromatic N) is 3. The maximum atomic E-state index is 13.4. The van der Waals surface area contributed by atoms with Gasteiger partial charge in [0.2, 0.25) is 0 Å². The van der Waals surface area contributed by atoms with E-state index in [-0.39, 0.29) is 12.0 Å². The highest BCUT2D eigenvalue weighted by Crippen LogP contribution is 2.31. The number of hydrogen-bond acceptors (Lipinski definition) is 9. The van der Waals surface area contributed by atoms with Crippen molar-refractivity contribution in [3.8, 4) is 11.5 Å². The first-order valence-corrected chi connectivity index (χ1v) is 13.4. The van der Waals surface area contributed by atoms with Gasteiger partial charge in [-0.2, -0.15) is 0 Å². The topological polar surface area (TPSA) is 160 Å². The molecule has 0 radical (unpaired) electrons. The zero-order chi connectivity index (χ0) is 30.9.